The van der Waals surface area contributed by atoms with Crippen LogP contribution < -0.4 is 15.2 Å². The lowest BCUT2D eigenvalue weighted by Crippen LogP contribution is -2.14. The van der Waals surface area contributed by atoms with Gasteiger partial charge in [0, 0.05) is 22.3 Å². The maximum atomic E-state index is 6.34. The summed E-state index contributed by atoms with van der Waals surface area (Å²) in [7, 11) is 3.31. The van der Waals surface area contributed by atoms with Crippen molar-refractivity contribution < 1.29 is 9.47 Å². The molecule has 2 N–H and O–H groups in total. The van der Waals surface area contributed by atoms with Crippen molar-refractivity contribution in [3.63, 3.8) is 0 Å². The Morgan fingerprint density at radius 3 is 2.52 bits per heavy atom. The zero-order valence-corrected chi connectivity index (χ0v) is 13.4. The fraction of sp³-hybridized carbons (Fsp3) is 0.294. The molecule has 0 amide bonds. The highest BCUT2D eigenvalue weighted by Gasteiger charge is 2.14. The van der Waals surface area contributed by atoms with Crippen molar-refractivity contribution in [1.82, 2.24) is 0 Å². The second-order valence-corrected chi connectivity index (χ2v) is 5.85. The molecular weight excluding hydrogens is 282 g/mol. The summed E-state index contributed by atoms with van der Waals surface area (Å²) < 4.78 is 10.7. The molecule has 3 nitrogen and oxygen atoms in total. The topological polar surface area (TPSA) is 44.5 Å². The summed E-state index contributed by atoms with van der Waals surface area (Å²) >= 11 is 1.76. The van der Waals surface area contributed by atoms with Gasteiger partial charge in [0.25, 0.3) is 0 Å². The van der Waals surface area contributed by atoms with Crippen molar-refractivity contribution in [3.05, 3.63) is 53.6 Å². The van der Waals surface area contributed by atoms with Gasteiger partial charge in [0.1, 0.15) is 11.5 Å². The molecule has 112 valence electrons. The summed E-state index contributed by atoms with van der Waals surface area (Å²) in [5.41, 5.74) is 8.58. The fourth-order valence-corrected chi connectivity index (χ4v) is 3.13. The van der Waals surface area contributed by atoms with Crippen LogP contribution in [0.1, 0.15) is 17.2 Å². The molecule has 1 atom stereocenters. The number of methoxy groups -OCH3 is 2. The lowest BCUT2D eigenvalue weighted by molar-refractivity contribution is 0.396. The van der Waals surface area contributed by atoms with E-state index >= 15 is 0 Å². The molecule has 4 heteroatoms. The maximum absolute atomic E-state index is 6.34. The van der Waals surface area contributed by atoms with Gasteiger partial charge in [-0.15, -0.1) is 11.8 Å². The standard InChI is InChI=1S/C17H21NO2S/c1-12-6-4-5-7-17(12)21-11-15(18)14-10-13(19-2)8-9-16(14)20-3/h4-10,15H,11,18H2,1-3H3. The molecule has 0 saturated heterocycles. The smallest absolute Gasteiger partial charge is 0.123 e. The molecule has 0 bridgehead atoms. The summed E-state index contributed by atoms with van der Waals surface area (Å²) in [6.45, 7) is 2.11. The number of thioether (sulfide) groups is 1. The van der Waals surface area contributed by atoms with E-state index in [9.17, 15) is 0 Å². The van der Waals surface area contributed by atoms with Gasteiger partial charge in [-0.05, 0) is 36.8 Å². The van der Waals surface area contributed by atoms with Crippen LogP contribution in [0.5, 0.6) is 11.5 Å². The third-order valence-corrected chi connectivity index (χ3v) is 4.64. The van der Waals surface area contributed by atoms with Crippen LogP contribution in [0.4, 0.5) is 0 Å². The monoisotopic (exact) mass is 303 g/mol. The van der Waals surface area contributed by atoms with Crippen LogP contribution in [0, 0.1) is 6.92 Å². The van der Waals surface area contributed by atoms with Gasteiger partial charge in [0.05, 0.1) is 14.2 Å². The molecule has 21 heavy (non-hydrogen) atoms. The van der Waals surface area contributed by atoms with Crippen molar-refractivity contribution in [2.75, 3.05) is 20.0 Å². The summed E-state index contributed by atoms with van der Waals surface area (Å²) in [5, 5.41) is 0. The Bertz CT molecular complexity index is 601. The van der Waals surface area contributed by atoms with E-state index in [-0.39, 0.29) is 6.04 Å². The Labute approximate surface area is 130 Å². The molecule has 0 fully saturated rings. The third-order valence-electron chi connectivity index (χ3n) is 3.35. The molecule has 0 aliphatic rings. The molecule has 0 heterocycles. The number of hydrogen-bond donors (Lipinski definition) is 1. The molecule has 0 spiro atoms. The lowest BCUT2D eigenvalue weighted by atomic mass is 10.1. The van der Waals surface area contributed by atoms with Crippen molar-refractivity contribution in [3.8, 4) is 11.5 Å². The number of nitrogens with two attached hydrogens (primary N) is 1. The number of benzene rings is 2. The average Bonchev–Trinajstić information content (AvgIpc) is 2.53. The van der Waals surface area contributed by atoms with Crippen molar-refractivity contribution >= 4 is 11.8 Å². The lowest BCUT2D eigenvalue weighted by Gasteiger charge is -2.17. The predicted octanol–water partition coefficient (Wildman–Crippen LogP) is 3.80. The van der Waals surface area contributed by atoms with Crippen LogP contribution in [0.3, 0.4) is 0 Å². The zero-order valence-electron chi connectivity index (χ0n) is 12.6. The minimum atomic E-state index is -0.111. The molecule has 0 aliphatic carbocycles. The number of hydrogen-bond acceptors (Lipinski definition) is 4. The second kappa shape index (κ2) is 7.38. The first-order valence-electron chi connectivity index (χ1n) is 6.81. The van der Waals surface area contributed by atoms with Crippen LogP contribution in [0.15, 0.2) is 47.4 Å². The number of rotatable bonds is 6. The minimum Gasteiger partial charge on any atom is -0.497 e. The molecule has 2 aromatic carbocycles. The van der Waals surface area contributed by atoms with E-state index < -0.39 is 0 Å². The van der Waals surface area contributed by atoms with E-state index in [1.807, 2.05) is 30.3 Å². The van der Waals surface area contributed by atoms with E-state index in [2.05, 4.69) is 19.1 Å². The van der Waals surface area contributed by atoms with E-state index in [1.165, 1.54) is 10.5 Å². The molecule has 0 aliphatic heterocycles. The Morgan fingerprint density at radius 2 is 1.86 bits per heavy atom. The van der Waals surface area contributed by atoms with Crippen LogP contribution in [0.2, 0.25) is 0 Å². The highest BCUT2D eigenvalue weighted by Crippen LogP contribution is 2.32. The molecule has 1 unspecified atom stereocenters. The molecule has 0 aromatic heterocycles. The Hall–Kier alpha value is -1.65. The van der Waals surface area contributed by atoms with Gasteiger partial charge in [-0.25, -0.2) is 0 Å². The van der Waals surface area contributed by atoms with Gasteiger partial charge in [0.2, 0.25) is 0 Å². The minimum absolute atomic E-state index is 0.111. The first-order chi connectivity index (χ1) is 10.2. The van der Waals surface area contributed by atoms with Gasteiger partial charge in [-0.1, -0.05) is 18.2 Å². The Morgan fingerprint density at radius 1 is 1.10 bits per heavy atom. The number of aryl methyl sites for hydroxylation is 1. The fourth-order valence-electron chi connectivity index (χ4n) is 2.12. The maximum Gasteiger partial charge on any atom is 0.123 e. The first-order valence-corrected chi connectivity index (χ1v) is 7.80. The highest BCUT2D eigenvalue weighted by atomic mass is 32.2. The third kappa shape index (κ3) is 3.93. The van der Waals surface area contributed by atoms with Gasteiger partial charge in [0.15, 0.2) is 0 Å². The molecule has 2 aromatic rings. The zero-order chi connectivity index (χ0) is 15.2. The van der Waals surface area contributed by atoms with E-state index in [0.717, 1.165) is 22.8 Å². The van der Waals surface area contributed by atoms with Crippen molar-refractivity contribution in [1.29, 1.82) is 0 Å². The van der Waals surface area contributed by atoms with E-state index in [0.29, 0.717) is 0 Å². The van der Waals surface area contributed by atoms with Gasteiger partial charge in [-0.2, -0.15) is 0 Å². The number of ether oxygens (including phenoxy) is 2. The predicted molar refractivity (Wildman–Crippen MR) is 88.4 cm³/mol. The van der Waals surface area contributed by atoms with Crippen molar-refractivity contribution in [2.24, 2.45) is 5.73 Å². The van der Waals surface area contributed by atoms with E-state index in [1.54, 1.807) is 26.0 Å². The average molecular weight is 303 g/mol. The molecule has 0 saturated carbocycles. The Balaban J connectivity index is 2.13. The van der Waals surface area contributed by atoms with Crippen LogP contribution in [-0.2, 0) is 0 Å². The summed E-state index contributed by atoms with van der Waals surface area (Å²) in [4.78, 5) is 1.26. The van der Waals surface area contributed by atoms with Crippen LogP contribution in [-0.4, -0.2) is 20.0 Å². The molecular formula is C17H21NO2S. The van der Waals surface area contributed by atoms with Gasteiger partial charge in [-0.3, -0.25) is 0 Å². The van der Waals surface area contributed by atoms with Gasteiger partial charge >= 0.3 is 0 Å². The first kappa shape index (κ1) is 15.7. The summed E-state index contributed by atoms with van der Waals surface area (Å²) in [6, 6.07) is 13.9. The SMILES string of the molecule is COc1ccc(OC)c(C(N)CSc2ccccc2C)c1. The second-order valence-electron chi connectivity index (χ2n) is 4.79. The van der Waals surface area contributed by atoms with Crippen molar-refractivity contribution in [2.45, 2.75) is 17.9 Å². The van der Waals surface area contributed by atoms with Gasteiger partial charge < -0.3 is 15.2 Å². The molecule has 0 radical (unpaired) electrons. The van der Waals surface area contributed by atoms with Crippen LogP contribution >= 0.6 is 11.8 Å². The normalized spacial score (nSPS) is 12.0. The summed E-state index contributed by atoms with van der Waals surface area (Å²) in [6.07, 6.45) is 0. The Kier molecular flexibility index (Phi) is 5.53. The molecule has 2 rings (SSSR count). The largest absolute Gasteiger partial charge is 0.497 e. The highest BCUT2D eigenvalue weighted by molar-refractivity contribution is 7.99. The van der Waals surface area contributed by atoms with E-state index in [4.69, 9.17) is 15.2 Å². The quantitative estimate of drug-likeness (QED) is 0.824. The summed E-state index contributed by atoms with van der Waals surface area (Å²) in [5.74, 6) is 2.38. The van der Waals surface area contributed by atoms with Crippen LogP contribution in [0.25, 0.3) is 0 Å².